The Balaban J connectivity index is 2.29. The number of hydrogen-bond donors (Lipinski definition) is 1. The first kappa shape index (κ1) is 15.0. The minimum absolute atomic E-state index is 0.0148. The highest BCUT2D eigenvalue weighted by Gasteiger charge is 2.42. The van der Waals surface area contributed by atoms with Crippen LogP contribution in [0.25, 0.3) is 0 Å². The molecule has 2 rings (SSSR count). The molecule has 110 valence electrons. The van der Waals surface area contributed by atoms with Gasteiger partial charge in [0.15, 0.2) is 0 Å². The fourth-order valence-electron chi connectivity index (χ4n) is 2.68. The number of amides is 2. The molecule has 0 aromatic carbocycles. The van der Waals surface area contributed by atoms with Crippen LogP contribution in [-0.4, -0.2) is 33.8 Å². The molecule has 0 spiro atoms. The Labute approximate surface area is 123 Å². The molecule has 2 amide bonds. The Morgan fingerprint density at radius 1 is 1.45 bits per heavy atom. The Hall–Kier alpha value is -1.43. The molecule has 20 heavy (non-hydrogen) atoms. The number of hydrogen-bond acceptors (Lipinski definition) is 4. The van der Waals surface area contributed by atoms with Crippen molar-refractivity contribution in [3.05, 3.63) is 16.6 Å². The number of aromatic nitrogens is 1. The van der Waals surface area contributed by atoms with E-state index in [0.717, 1.165) is 11.4 Å². The molecule has 0 bridgehead atoms. The van der Waals surface area contributed by atoms with Crippen molar-refractivity contribution in [2.45, 2.75) is 58.2 Å². The minimum Gasteiger partial charge on any atom is -0.343 e. The second kappa shape index (κ2) is 6.35. The van der Waals surface area contributed by atoms with Crippen molar-refractivity contribution in [1.29, 1.82) is 0 Å². The lowest BCUT2D eigenvalue weighted by Gasteiger charge is -2.41. The lowest BCUT2D eigenvalue weighted by molar-refractivity contribution is -0.152. The van der Waals surface area contributed by atoms with Gasteiger partial charge in [-0.05, 0) is 19.8 Å². The molecule has 6 heteroatoms. The van der Waals surface area contributed by atoms with E-state index in [1.807, 2.05) is 26.2 Å². The first-order chi connectivity index (χ1) is 9.60. The molecule has 1 aliphatic heterocycles. The first-order valence-electron chi connectivity index (χ1n) is 7.12. The van der Waals surface area contributed by atoms with Gasteiger partial charge < -0.3 is 10.2 Å². The van der Waals surface area contributed by atoms with Crippen LogP contribution in [0, 0.1) is 0 Å². The smallest absolute Gasteiger partial charge is 0.246 e. The Bertz CT molecular complexity index is 475. The van der Waals surface area contributed by atoms with E-state index < -0.39 is 12.1 Å². The van der Waals surface area contributed by atoms with Crippen molar-refractivity contribution >= 4 is 23.2 Å². The zero-order valence-corrected chi connectivity index (χ0v) is 12.9. The summed E-state index contributed by atoms with van der Waals surface area (Å²) in [6.45, 7) is 5.89. The summed E-state index contributed by atoms with van der Waals surface area (Å²) in [4.78, 5) is 30.9. The molecule has 1 aromatic rings. The number of thiazole rings is 1. The zero-order valence-electron chi connectivity index (χ0n) is 12.1. The van der Waals surface area contributed by atoms with Gasteiger partial charge in [0.1, 0.15) is 17.1 Å². The van der Waals surface area contributed by atoms with Gasteiger partial charge in [-0.2, -0.15) is 0 Å². The zero-order chi connectivity index (χ0) is 14.7. The van der Waals surface area contributed by atoms with Gasteiger partial charge in [0.2, 0.25) is 11.8 Å². The highest BCUT2D eigenvalue weighted by molar-refractivity contribution is 7.09. The molecule has 5 nitrogen and oxygen atoms in total. The molecule has 0 aliphatic carbocycles. The lowest BCUT2D eigenvalue weighted by atomic mass is 10.00. The van der Waals surface area contributed by atoms with Gasteiger partial charge in [-0.3, -0.25) is 9.59 Å². The molecule has 3 atom stereocenters. The number of carbonyl (C=O) groups is 2. The summed E-state index contributed by atoms with van der Waals surface area (Å²) < 4.78 is 0. The summed E-state index contributed by atoms with van der Waals surface area (Å²) in [5, 5.41) is 5.62. The quantitative estimate of drug-likeness (QED) is 0.905. The van der Waals surface area contributed by atoms with E-state index in [1.54, 1.807) is 11.1 Å². The molecule has 1 N–H and O–H groups in total. The Morgan fingerprint density at radius 3 is 2.75 bits per heavy atom. The molecule has 3 unspecified atom stereocenters. The first-order valence-corrected chi connectivity index (χ1v) is 8.00. The maximum atomic E-state index is 12.7. The van der Waals surface area contributed by atoms with Gasteiger partial charge in [0, 0.05) is 11.6 Å². The van der Waals surface area contributed by atoms with Gasteiger partial charge in [0.05, 0.1) is 6.04 Å². The molecule has 1 saturated heterocycles. The van der Waals surface area contributed by atoms with Crippen LogP contribution in [0.2, 0.25) is 0 Å². The van der Waals surface area contributed by atoms with E-state index in [1.165, 1.54) is 11.3 Å². The third-order valence-electron chi connectivity index (χ3n) is 3.70. The number of carbonyl (C=O) groups excluding carboxylic acids is 2. The van der Waals surface area contributed by atoms with Crippen LogP contribution in [0.15, 0.2) is 11.6 Å². The monoisotopic (exact) mass is 295 g/mol. The van der Waals surface area contributed by atoms with E-state index in [4.69, 9.17) is 0 Å². The predicted molar refractivity (Wildman–Crippen MR) is 78.3 cm³/mol. The highest BCUT2D eigenvalue weighted by Crippen LogP contribution is 2.28. The normalized spacial score (nSPS) is 24.6. The van der Waals surface area contributed by atoms with Crippen molar-refractivity contribution < 1.29 is 9.59 Å². The SMILES string of the molecule is CCCC1NC(=O)C(CC)N(C(C)c2nccs2)C1=O. The van der Waals surface area contributed by atoms with E-state index in [2.05, 4.69) is 10.3 Å². The Kier molecular flexibility index (Phi) is 4.75. The third-order valence-corrected chi connectivity index (χ3v) is 4.64. The van der Waals surface area contributed by atoms with Gasteiger partial charge in [-0.1, -0.05) is 20.3 Å². The van der Waals surface area contributed by atoms with Gasteiger partial charge >= 0.3 is 0 Å². The van der Waals surface area contributed by atoms with E-state index in [0.29, 0.717) is 12.8 Å². The fourth-order valence-corrected chi connectivity index (χ4v) is 3.37. The molecule has 0 radical (unpaired) electrons. The van der Waals surface area contributed by atoms with Gasteiger partial charge in [-0.25, -0.2) is 4.98 Å². The van der Waals surface area contributed by atoms with Crippen molar-refractivity contribution in [3.8, 4) is 0 Å². The van der Waals surface area contributed by atoms with E-state index in [9.17, 15) is 9.59 Å². The summed E-state index contributed by atoms with van der Waals surface area (Å²) in [6, 6.07) is -0.940. The molecular formula is C14H21N3O2S. The lowest BCUT2D eigenvalue weighted by Crippen LogP contribution is -2.63. The average molecular weight is 295 g/mol. The number of rotatable bonds is 5. The predicted octanol–water partition coefficient (Wildman–Crippen LogP) is 2.11. The van der Waals surface area contributed by atoms with Crippen LogP contribution in [0.3, 0.4) is 0 Å². The van der Waals surface area contributed by atoms with Crippen LogP contribution in [0.1, 0.15) is 51.1 Å². The van der Waals surface area contributed by atoms with Crippen molar-refractivity contribution in [1.82, 2.24) is 15.2 Å². The standard InChI is InChI=1S/C14H21N3O2S/c1-4-6-10-14(19)17(11(5-2)12(18)16-10)9(3)13-15-7-8-20-13/h7-11H,4-6H2,1-3H3,(H,16,18). The molecule has 1 aliphatic rings. The van der Waals surface area contributed by atoms with Crippen LogP contribution in [0.5, 0.6) is 0 Å². The van der Waals surface area contributed by atoms with Crippen molar-refractivity contribution in [3.63, 3.8) is 0 Å². The Morgan fingerprint density at radius 2 is 2.20 bits per heavy atom. The second-order valence-electron chi connectivity index (χ2n) is 5.07. The summed E-state index contributed by atoms with van der Waals surface area (Å²) in [7, 11) is 0. The average Bonchev–Trinajstić information content (AvgIpc) is 2.95. The van der Waals surface area contributed by atoms with Crippen LogP contribution >= 0.6 is 11.3 Å². The van der Waals surface area contributed by atoms with E-state index in [-0.39, 0.29) is 17.9 Å². The van der Waals surface area contributed by atoms with Crippen LogP contribution < -0.4 is 5.32 Å². The van der Waals surface area contributed by atoms with Crippen molar-refractivity contribution in [2.24, 2.45) is 0 Å². The molecule has 1 fully saturated rings. The summed E-state index contributed by atoms with van der Waals surface area (Å²) in [6.07, 6.45) is 3.90. The van der Waals surface area contributed by atoms with Gasteiger partial charge in [0.25, 0.3) is 0 Å². The van der Waals surface area contributed by atoms with E-state index >= 15 is 0 Å². The summed E-state index contributed by atoms with van der Waals surface area (Å²) in [5.41, 5.74) is 0. The third kappa shape index (κ3) is 2.70. The minimum atomic E-state index is -0.394. The molecule has 0 saturated carbocycles. The van der Waals surface area contributed by atoms with Gasteiger partial charge in [-0.15, -0.1) is 11.3 Å². The van der Waals surface area contributed by atoms with Crippen molar-refractivity contribution in [2.75, 3.05) is 0 Å². The van der Waals surface area contributed by atoms with Crippen LogP contribution in [0.4, 0.5) is 0 Å². The number of nitrogens with one attached hydrogen (secondary N) is 1. The second-order valence-corrected chi connectivity index (χ2v) is 5.99. The highest BCUT2D eigenvalue weighted by atomic mass is 32.1. The largest absolute Gasteiger partial charge is 0.343 e. The number of nitrogens with zero attached hydrogens (tertiary/aromatic N) is 2. The summed E-state index contributed by atoms with van der Waals surface area (Å²) >= 11 is 1.52. The number of piperazine rings is 1. The molecule has 1 aromatic heterocycles. The topological polar surface area (TPSA) is 62.3 Å². The fraction of sp³-hybridized carbons (Fsp3) is 0.643. The molecular weight excluding hydrogens is 274 g/mol. The maximum Gasteiger partial charge on any atom is 0.246 e. The molecule has 2 heterocycles. The van der Waals surface area contributed by atoms with Crippen LogP contribution in [-0.2, 0) is 9.59 Å². The maximum absolute atomic E-state index is 12.7. The summed E-state index contributed by atoms with van der Waals surface area (Å²) in [5.74, 6) is -0.0324.